The molecule has 4 N–H and O–H groups in total. The van der Waals surface area contributed by atoms with E-state index in [1.807, 2.05) is 0 Å². The maximum Gasteiger partial charge on any atom is 0.338 e. The largest absolute Gasteiger partial charge is 0.478 e. The molecule has 0 radical (unpaired) electrons. The molecule has 0 amide bonds. The smallest absolute Gasteiger partial charge is 0.338 e. The van der Waals surface area contributed by atoms with E-state index in [1.165, 1.54) is 12.4 Å². The summed E-state index contributed by atoms with van der Waals surface area (Å²) in [6.07, 6.45) is 2.94. The first-order valence-electron chi connectivity index (χ1n) is 3.65. The number of nitrogens with zero attached hydrogens (tertiary/aromatic N) is 1. The van der Waals surface area contributed by atoms with Gasteiger partial charge in [0.1, 0.15) is 5.82 Å². The second-order valence-electron chi connectivity index (χ2n) is 2.63. The topological polar surface area (TPSA) is 92.0 Å². The number of carboxylic acids is 1. The van der Waals surface area contributed by atoms with Crippen molar-refractivity contribution in [3.63, 3.8) is 0 Å². The van der Waals surface area contributed by atoms with E-state index in [4.69, 9.17) is 10.8 Å². The molecule has 0 atom stereocenters. The van der Waals surface area contributed by atoms with Crippen LogP contribution < -0.4 is 5.73 Å². The Bertz CT molecular complexity index is 475. The Morgan fingerprint density at radius 3 is 3.08 bits per heavy atom. The number of aromatic carboxylic acids is 1. The number of pyridine rings is 1. The average molecular weight is 177 g/mol. The van der Waals surface area contributed by atoms with Crippen LogP contribution in [-0.4, -0.2) is 21.0 Å². The molecule has 2 aromatic rings. The standard InChI is InChI=1S/C8H7N3O2/c9-7-6-4(8(12)13)3-11-5(6)1-2-10-7/h1-3,11H,(H2,9,10)(H,12,13). The van der Waals surface area contributed by atoms with Crippen LogP contribution in [-0.2, 0) is 0 Å². The van der Waals surface area contributed by atoms with Crippen molar-refractivity contribution < 1.29 is 9.90 Å². The number of anilines is 1. The molecule has 0 bridgehead atoms. The van der Waals surface area contributed by atoms with Crippen molar-refractivity contribution in [2.24, 2.45) is 0 Å². The number of carboxylic acid groups (broad SMARTS) is 1. The van der Waals surface area contributed by atoms with Gasteiger partial charge in [-0.05, 0) is 6.07 Å². The minimum atomic E-state index is -1.01. The molecule has 5 heteroatoms. The molecule has 0 unspecified atom stereocenters. The second kappa shape index (κ2) is 2.48. The van der Waals surface area contributed by atoms with Crippen LogP contribution in [0.2, 0.25) is 0 Å². The summed E-state index contributed by atoms with van der Waals surface area (Å²) in [7, 11) is 0. The van der Waals surface area contributed by atoms with Gasteiger partial charge in [-0.1, -0.05) is 0 Å². The van der Waals surface area contributed by atoms with E-state index >= 15 is 0 Å². The summed E-state index contributed by atoms with van der Waals surface area (Å²) in [5.74, 6) is -0.776. The number of rotatable bonds is 1. The molecule has 0 aromatic carbocycles. The highest BCUT2D eigenvalue weighted by atomic mass is 16.4. The SMILES string of the molecule is Nc1nccc2[nH]cc(C(=O)O)c12. The lowest BCUT2D eigenvalue weighted by molar-refractivity contribution is 0.0699. The van der Waals surface area contributed by atoms with Crippen LogP contribution in [0.5, 0.6) is 0 Å². The molecule has 0 aliphatic carbocycles. The minimum Gasteiger partial charge on any atom is -0.478 e. The number of hydrogen-bond donors (Lipinski definition) is 3. The number of carbonyl (C=O) groups is 1. The van der Waals surface area contributed by atoms with Crippen molar-refractivity contribution >= 4 is 22.7 Å². The van der Waals surface area contributed by atoms with Gasteiger partial charge in [0.25, 0.3) is 0 Å². The fourth-order valence-electron chi connectivity index (χ4n) is 1.27. The highest BCUT2D eigenvalue weighted by Crippen LogP contribution is 2.21. The van der Waals surface area contributed by atoms with Gasteiger partial charge < -0.3 is 15.8 Å². The number of H-pyrrole nitrogens is 1. The van der Waals surface area contributed by atoms with E-state index in [2.05, 4.69) is 9.97 Å². The van der Waals surface area contributed by atoms with Crippen LogP contribution >= 0.6 is 0 Å². The predicted molar refractivity (Wildman–Crippen MR) is 47.5 cm³/mol. The van der Waals surface area contributed by atoms with Crippen molar-refractivity contribution in [1.82, 2.24) is 9.97 Å². The zero-order valence-corrected chi connectivity index (χ0v) is 6.61. The first kappa shape index (κ1) is 7.60. The Hall–Kier alpha value is -2.04. The molecule has 2 rings (SSSR count). The van der Waals surface area contributed by atoms with E-state index in [0.717, 1.165) is 0 Å². The molecule has 13 heavy (non-hydrogen) atoms. The first-order valence-corrected chi connectivity index (χ1v) is 3.65. The third-order valence-electron chi connectivity index (χ3n) is 1.85. The molecule has 0 saturated heterocycles. The Kier molecular flexibility index (Phi) is 1.45. The zero-order valence-electron chi connectivity index (χ0n) is 6.61. The number of hydrogen-bond acceptors (Lipinski definition) is 3. The third-order valence-corrected chi connectivity index (χ3v) is 1.85. The van der Waals surface area contributed by atoms with E-state index in [9.17, 15) is 4.79 Å². The van der Waals surface area contributed by atoms with E-state index < -0.39 is 5.97 Å². The summed E-state index contributed by atoms with van der Waals surface area (Å²) in [6, 6.07) is 1.68. The van der Waals surface area contributed by atoms with Crippen molar-refractivity contribution in [1.29, 1.82) is 0 Å². The lowest BCUT2D eigenvalue weighted by Gasteiger charge is -1.95. The predicted octanol–water partition coefficient (Wildman–Crippen LogP) is 0.843. The van der Waals surface area contributed by atoms with Crippen molar-refractivity contribution in [3.05, 3.63) is 24.0 Å². The zero-order chi connectivity index (χ0) is 9.42. The molecule has 0 fully saturated rings. The molecule has 66 valence electrons. The quantitative estimate of drug-likeness (QED) is 0.601. The monoisotopic (exact) mass is 177 g/mol. The van der Waals surface area contributed by atoms with Crippen LogP contribution in [0.1, 0.15) is 10.4 Å². The Morgan fingerprint density at radius 1 is 1.62 bits per heavy atom. The van der Waals surface area contributed by atoms with Gasteiger partial charge in [-0.25, -0.2) is 9.78 Å². The van der Waals surface area contributed by atoms with E-state index in [0.29, 0.717) is 10.9 Å². The summed E-state index contributed by atoms with van der Waals surface area (Å²) in [5, 5.41) is 9.26. The molecular weight excluding hydrogens is 170 g/mol. The van der Waals surface area contributed by atoms with Crippen molar-refractivity contribution in [2.45, 2.75) is 0 Å². The van der Waals surface area contributed by atoms with Crippen LogP contribution in [0.4, 0.5) is 5.82 Å². The molecule has 0 saturated carbocycles. The number of nitrogens with two attached hydrogens (primary N) is 1. The number of nitrogen functional groups attached to an aromatic ring is 1. The van der Waals surface area contributed by atoms with Gasteiger partial charge in [-0.2, -0.15) is 0 Å². The first-order chi connectivity index (χ1) is 6.20. The van der Waals surface area contributed by atoms with Crippen LogP contribution in [0.3, 0.4) is 0 Å². The summed E-state index contributed by atoms with van der Waals surface area (Å²) < 4.78 is 0. The Balaban J connectivity index is 2.86. The fraction of sp³-hybridized carbons (Fsp3) is 0. The summed E-state index contributed by atoms with van der Waals surface area (Å²) in [5.41, 5.74) is 6.38. The van der Waals surface area contributed by atoms with E-state index in [-0.39, 0.29) is 11.4 Å². The number of aromatic nitrogens is 2. The van der Waals surface area contributed by atoms with Crippen LogP contribution in [0.15, 0.2) is 18.5 Å². The van der Waals surface area contributed by atoms with Gasteiger partial charge in [-0.15, -0.1) is 0 Å². The van der Waals surface area contributed by atoms with E-state index in [1.54, 1.807) is 6.07 Å². The number of aromatic amines is 1. The van der Waals surface area contributed by atoms with Crippen molar-refractivity contribution in [2.75, 3.05) is 5.73 Å². The van der Waals surface area contributed by atoms with Crippen LogP contribution in [0.25, 0.3) is 10.9 Å². The minimum absolute atomic E-state index is 0.153. The third kappa shape index (κ3) is 1.01. The van der Waals surface area contributed by atoms with Gasteiger partial charge >= 0.3 is 5.97 Å². The highest BCUT2D eigenvalue weighted by Gasteiger charge is 2.12. The Labute approximate surface area is 73.2 Å². The van der Waals surface area contributed by atoms with Gasteiger partial charge in [0.2, 0.25) is 0 Å². The maximum absolute atomic E-state index is 10.7. The molecule has 0 aliphatic heterocycles. The Morgan fingerprint density at radius 2 is 2.38 bits per heavy atom. The lowest BCUT2D eigenvalue weighted by atomic mass is 10.2. The summed E-state index contributed by atoms with van der Waals surface area (Å²) >= 11 is 0. The van der Waals surface area contributed by atoms with Crippen molar-refractivity contribution in [3.8, 4) is 0 Å². The normalized spacial score (nSPS) is 10.5. The average Bonchev–Trinajstić information content (AvgIpc) is 2.49. The maximum atomic E-state index is 10.7. The molecule has 5 nitrogen and oxygen atoms in total. The molecular formula is C8H7N3O2. The lowest BCUT2D eigenvalue weighted by Crippen LogP contribution is -1.97. The highest BCUT2D eigenvalue weighted by molar-refractivity contribution is 6.07. The van der Waals surface area contributed by atoms with Gasteiger partial charge in [0, 0.05) is 12.4 Å². The molecule has 0 spiro atoms. The van der Waals surface area contributed by atoms with Gasteiger partial charge in [0.05, 0.1) is 16.5 Å². The number of nitrogens with one attached hydrogen (secondary N) is 1. The summed E-state index contributed by atoms with van der Waals surface area (Å²) in [6.45, 7) is 0. The number of fused-ring (bicyclic) bond motifs is 1. The van der Waals surface area contributed by atoms with Crippen LogP contribution in [0, 0.1) is 0 Å². The molecule has 0 aliphatic rings. The van der Waals surface area contributed by atoms with Gasteiger partial charge in [-0.3, -0.25) is 0 Å². The summed E-state index contributed by atoms with van der Waals surface area (Å²) in [4.78, 5) is 17.4. The molecule has 2 aromatic heterocycles. The van der Waals surface area contributed by atoms with Gasteiger partial charge in [0.15, 0.2) is 0 Å². The fourth-order valence-corrected chi connectivity index (χ4v) is 1.27. The second-order valence-corrected chi connectivity index (χ2v) is 2.63. The molecule has 2 heterocycles.